The Kier molecular flexibility index (Phi) is 7.37. The van der Waals surface area contributed by atoms with E-state index in [2.05, 4.69) is 54.6 Å². The first-order chi connectivity index (χ1) is 16.9. The minimum atomic E-state index is -0.529. The molecule has 0 aliphatic heterocycles. The molecule has 182 valence electrons. The Bertz CT molecular complexity index is 1340. The summed E-state index contributed by atoms with van der Waals surface area (Å²) in [5, 5.41) is 19.6. The largest absolute Gasteiger partial charge is 0.382 e. The number of nitrogens with one attached hydrogen (secondary N) is 2. The molecule has 4 rings (SSSR count). The number of benzene rings is 1. The number of hydrogen-bond donors (Lipinski definition) is 3. The molecule has 3 aromatic heterocycles. The zero-order chi connectivity index (χ0) is 24.9. The first kappa shape index (κ1) is 24.3. The van der Waals surface area contributed by atoms with Crippen LogP contribution in [0.1, 0.15) is 48.8 Å². The molecule has 0 spiro atoms. The summed E-state index contributed by atoms with van der Waals surface area (Å²) in [6.45, 7) is 8.23. The average Bonchev–Trinajstić information content (AvgIpc) is 3.27. The van der Waals surface area contributed by atoms with E-state index in [1.54, 1.807) is 41.9 Å². The van der Waals surface area contributed by atoms with Crippen molar-refractivity contribution in [1.82, 2.24) is 40.0 Å². The molecule has 0 saturated heterocycles. The SMILES string of the molecule is CCN(CC)Cc1cnc(N)c(C(=O)N[C@H](C)c2nnc3ccc(Nc4cccc(Cl)c4)nn23)n1. The molecule has 1 amide bonds. The summed E-state index contributed by atoms with van der Waals surface area (Å²) in [5.74, 6) is 0.636. The van der Waals surface area contributed by atoms with E-state index >= 15 is 0 Å². The lowest BCUT2D eigenvalue weighted by Gasteiger charge is -2.18. The Labute approximate surface area is 207 Å². The Morgan fingerprint density at radius 3 is 2.74 bits per heavy atom. The van der Waals surface area contributed by atoms with Crippen molar-refractivity contribution < 1.29 is 4.79 Å². The van der Waals surface area contributed by atoms with Gasteiger partial charge in [0, 0.05) is 17.3 Å². The van der Waals surface area contributed by atoms with E-state index in [4.69, 9.17) is 17.3 Å². The molecule has 0 fully saturated rings. The quantitative estimate of drug-likeness (QED) is 0.320. The summed E-state index contributed by atoms with van der Waals surface area (Å²) in [7, 11) is 0. The fourth-order valence-corrected chi connectivity index (χ4v) is 3.73. The maximum absolute atomic E-state index is 13.0. The van der Waals surface area contributed by atoms with Crippen LogP contribution in [0.25, 0.3) is 5.65 Å². The molecular formula is C23H27ClN10O. The molecule has 0 aliphatic rings. The van der Waals surface area contributed by atoms with Gasteiger partial charge in [0.1, 0.15) is 0 Å². The second-order valence-corrected chi connectivity index (χ2v) is 8.37. The van der Waals surface area contributed by atoms with Gasteiger partial charge >= 0.3 is 0 Å². The lowest BCUT2D eigenvalue weighted by Crippen LogP contribution is -2.31. The van der Waals surface area contributed by atoms with Gasteiger partial charge in [-0.3, -0.25) is 9.69 Å². The number of nitrogens with two attached hydrogens (primary N) is 1. The molecule has 1 atom stereocenters. The van der Waals surface area contributed by atoms with Crippen molar-refractivity contribution in [3.63, 3.8) is 0 Å². The summed E-state index contributed by atoms with van der Waals surface area (Å²) in [4.78, 5) is 23.8. The second-order valence-electron chi connectivity index (χ2n) is 7.93. The highest BCUT2D eigenvalue weighted by atomic mass is 35.5. The highest BCUT2D eigenvalue weighted by molar-refractivity contribution is 6.30. The zero-order valence-corrected chi connectivity index (χ0v) is 20.5. The van der Waals surface area contributed by atoms with Gasteiger partial charge in [0.05, 0.1) is 17.9 Å². The fraction of sp³-hybridized carbons (Fsp3) is 0.304. The first-order valence-corrected chi connectivity index (χ1v) is 11.6. The van der Waals surface area contributed by atoms with Gasteiger partial charge in [-0.2, -0.15) is 4.52 Å². The number of fused-ring (bicyclic) bond motifs is 1. The zero-order valence-electron chi connectivity index (χ0n) is 19.7. The number of anilines is 3. The minimum absolute atomic E-state index is 0.0650. The van der Waals surface area contributed by atoms with Crippen LogP contribution in [0.15, 0.2) is 42.6 Å². The summed E-state index contributed by atoms with van der Waals surface area (Å²) in [6.07, 6.45) is 1.60. The van der Waals surface area contributed by atoms with Crippen LogP contribution in [0.4, 0.5) is 17.3 Å². The number of hydrogen-bond acceptors (Lipinski definition) is 9. The molecular weight excluding hydrogens is 468 g/mol. The number of nitrogen functional groups attached to an aromatic ring is 1. The predicted octanol–water partition coefficient (Wildman–Crippen LogP) is 3.23. The molecule has 1 aromatic carbocycles. The normalized spacial score (nSPS) is 12.1. The van der Waals surface area contributed by atoms with Crippen molar-refractivity contribution in [2.24, 2.45) is 0 Å². The highest BCUT2D eigenvalue weighted by Crippen LogP contribution is 2.20. The summed E-state index contributed by atoms with van der Waals surface area (Å²) < 4.78 is 1.57. The molecule has 12 heteroatoms. The lowest BCUT2D eigenvalue weighted by atomic mass is 10.2. The maximum Gasteiger partial charge on any atom is 0.274 e. The molecule has 0 unspecified atom stereocenters. The summed E-state index contributed by atoms with van der Waals surface area (Å²) in [5.41, 5.74) is 8.04. The molecule has 4 aromatic rings. The highest BCUT2D eigenvalue weighted by Gasteiger charge is 2.21. The molecule has 0 saturated carbocycles. The summed E-state index contributed by atoms with van der Waals surface area (Å²) in [6, 6.07) is 10.4. The van der Waals surface area contributed by atoms with E-state index in [1.807, 2.05) is 12.1 Å². The van der Waals surface area contributed by atoms with Gasteiger partial charge < -0.3 is 16.4 Å². The molecule has 4 N–H and O–H groups in total. The summed E-state index contributed by atoms with van der Waals surface area (Å²) >= 11 is 6.07. The smallest absolute Gasteiger partial charge is 0.274 e. The maximum atomic E-state index is 13.0. The third kappa shape index (κ3) is 5.64. The molecule has 11 nitrogen and oxygen atoms in total. The van der Waals surface area contributed by atoms with Gasteiger partial charge in [-0.15, -0.1) is 15.3 Å². The molecule has 3 heterocycles. The molecule has 0 radical (unpaired) electrons. The second kappa shape index (κ2) is 10.6. The van der Waals surface area contributed by atoms with Crippen LogP contribution in [0, 0.1) is 0 Å². The average molecular weight is 495 g/mol. The Morgan fingerprint density at radius 2 is 2.00 bits per heavy atom. The number of aromatic nitrogens is 6. The number of rotatable bonds is 9. The fourth-order valence-electron chi connectivity index (χ4n) is 3.54. The Morgan fingerprint density at radius 1 is 1.20 bits per heavy atom. The van der Waals surface area contributed by atoms with Crippen LogP contribution in [0.2, 0.25) is 5.02 Å². The van der Waals surface area contributed by atoms with Gasteiger partial charge in [-0.05, 0) is 50.3 Å². The monoisotopic (exact) mass is 494 g/mol. The van der Waals surface area contributed by atoms with Gasteiger partial charge in [0.2, 0.25) is 0 Å². The van der Waals surface area contributed by atoms with Crippen molar-refractivity contribution in [2.45, 2.75) is 33.4 Å². The first-order valence-electron chi connectivity index (χ1n) is 11.3. The predicted molar refractivity (Wildman–Crippen MR) is 134 cm³/mol. The van der Waals surface area contributed by atoms with Gasteiger partial charge in [-0.1, -0.05) is 31.5 Å². The third-order valence-electron chi connectivity index (χ3n) is 5.46. The van der Waals surface area contributed by atoms with Gasteiger partial charge in [0.15, 0.2) is 28.8 Å². The van der Waals surface area contributed by atoms with Crippen LogP contribution in [-0.4, -0.2) is 53.7 Å². The van der Waals surface area contributed by atoms with Crippen LogP contribution in [0.5, 0.6) is 0 Å². The molecule has 0 aliphatic carbocycles. The number of carbonyl (C=O) groups excluding carboxylic acids is 1. The van der Waals surface area contributed by atoms with Crippen molar-refractivity contribution in [1.29, 1.82) is 0 Å². The van der Waals surface area contributed by atoms with Crippen molar-refractivity contribution in [3.05, 3.63) is 64.8 Å². The van der Waals surface area contributed by atoms with Crippen LogP contribution in [0.3, 0.4) is 0 Å². The van der Waals surface area contributed by atoms with E-state index in [9.17, 15) is 4.79 Å². The van der Waals surface area contributed by atoms with Crippen molar-refractivity contribution in [3.8, 4) is 0 Å². The number of carbonyl (C=O) groups is 1. The Balaban J connectivity index is 1.53. The topological polar surface area (TPSA) is 139 Å². The van der Waals surface area contributed by atoms with Crippen molar-refractivity contribution >= 4 is 40.5 Å². The number of amides is 1. The number of nitrogens with zero attached hydrogens (tertiary/aromatic N) is 7. The van der Waals surface area contributed by atoms with E-state index in [-0.39, 0.29) is 11.5 Å². The Hall–Kier alpha value is -3.83. The van der Waals surface area contributed by atoms with E-state index in [0.29, 0.717) is 34.6 Å². The van der Waals surface area contributed by atoms with Crippen molar-refractivity contribution in [2.75, 3.05) is 24.1 Å². The molecule has 35 heavy (non-hydrogen) atoms. The number of halogens is 1. The van der Waals surface area contributed by atoms with Crippen LogP contribution >= 0.6 is 11.6 Å². The van der Waals surface area contributed by atoms with Crippen LogP contribution in [-0.2, 0) is 6.54 Å². The minimum Gasteiger partial charge on any atom is -0.382 e. The third-order valence-corrected chi connectivity index (χ3v) is 5.70. The standard InChI is InChI=1S/C23H27ClN10O/c1-4-33(5-2)13-17-12-26-21(25)20(29-17)23(35)27-14(3)22-31-30-19-10-9-18(32-34(19)22)28-16-8-6-7-15(24)11-16/h6-12,14H,4-5,13H2,1-3H3,(H2,25,26)(H,27,35)(H,28,32)/t14-/m1/s1. The van der Waals surface area contributed by atoms with E-state index in [0.717, 1.165) is 18.8 Å². The lowest BCUT2D eigenvalue weighted by molar-refractivity contribution is 0.0933. The van der Waals surface area contributed by atoms with E-state index in [1.165, 1.54) is 0 Å². The van der Waals surface area contributed by atoms with Gasteiger partial charge in [-0.25, -0.2) is 9.97 Å². The van der Waals surface area contributed by atoms with E-state index < -0.39 is 11.9 Å². The van der Waals surface area contributed by atoms with Gasteiger partial charge in [0.25, 0.3) is 5.91 Å². The van der Waals surface area contributed by atoms with Crippen LogP contribution < -0.4 is 16.4 Å². The molecule has 0 bridgehead atoms.